The molecule has 0 bridgehead atoms. The molecule has 0 saturated carbocycles. The number of carbonyl (C=O) groups excluding carboxylic acids is 1. The second-order valence-corrected chi connectivity index (χ2v) is 5.64. The van der Waals surface area contributed by atoms with E-state index in [1.165, 1.54) is 31.1 Å². The molecule has 0 atom stereocenters. The number of amides is 1. The van der Waals surface area contributed by atoms with E-state index in [2.05, 4.69) is 22.1 Å². The quantitative estimate of drug-likeness (QED) is 0.899. The van der Waals surface area contributed by atoms with Gasteiger partial charge in [0.15, 0.2) is 5.13 Å². The van der Waals surface area contributed by atoms with Crippen LogP contribution >= 0.6 is 11.3 Å². The average Bonchev–Trinajstić information content (AvgIpc) is 2.68. The average molecular weight is 253 g/mol. The van der Waals surface area contributed by atoms with Crippen LogP contribution in [0.25, 0.3) is 0 Å². The Morgan fingerprint density at radius 1 is 1.59 bits per heavy atom. The summed E-state index contributed by atoms with van der Waals surface area (Å²) in [4.78, 5) is 17.7. The lowest BCUT2D eigenvalue weighted by molar-refractivity contribution is -0.114. The highest BCUT2D eigenvalue weighted by Crippen LogP contribution is 2.20. The van der Waals surface area contributed by atoms with Gasteiger partial charge in [-0.1, -0.05) is 6.92 Å². The van der Waals surface area contributed by atoms with Gasteiger partial charge in [-0.05, 0) is 31.8 Å². The molecule has 1 aliphatic rings. The number of nitrogens with zero attached hydrogens (tertiary/aromatic N) is 2. The number of likely N-dealkylation sites (tertiary alicyclic amines) is 1. The molecule has 5 heteroatoms. The largest absolute Gasteiger partial charge is 0.302 e. The van der Waals surface area contributed by atoms with Gasteiger partial charge in [0.05, 0.1) is 5.69 Å². The Bertz CT molecular complexity index is 383. The van der Waals surface area contributed by atoms with E-state index in [0.29, 0.717) is 5.13 Å². The summed E-state index contributed by atoms with van der Waals surface area (Å²) in [5, 5.41) is 5.46. The summed E-state index contributed by atoms with van der Waals surface area (Å²) in [5.41, 5.74) is 1.06. The molecule has 1 aromatic rings. The Morgan fingerprint density at radius 3 is 2.94 bits per heavy atom. The first kappa shape index (κ1) is 12.5. The van der Waals surface area contributed by atoms with Crippen LogP contribution in [0.4, 0.5) is 5.13 Å². The third kappa shape index (κ3) is 3.78. The predicted molar refractivity (Wildman–Crippen MR) is 70.1 cm³/mol. The Balaban J connectivity index is 1.86. The Hall–Kier alpha value is -0.940. The van der Waals surface area contributed by atoms with Crippen LogP contribution in [-0.2, 0) is 11.3 Å². The van der Waals surface area contributed by atoms with Crippen LogP contribution in [0, 0.1) is 5.92 Å². The normalized spacial score (nSPS) is 18.2. The lowest BCUT2D eigenvalue weighted by Crippen LogP contribution is -2.32. The summed E-state index contributed by atoms with van der Waals surface area (Å²) >= 11 is 1.50. The predicted octanol–water partition coefficient (Wildman–Crippen LogP) is 2.33. The van der Waals surface area contributed by atoms with Gasteiger partial charge in [-0.15, -0.1) is 11.3 Å². The van der Waals surface area contributed by atoms with Gasteiger partial charge in [0.1, 0.15) is 0 Å². The van der Waals surface area contributed by atoms with Crippen LogP contribution < -0.4 is 5.32 Å². The maximum Gasteiger partial charge on any atom is 0.223 e. The van der Waals surface area contributed by atoms with Crippen LogP contribution in [0.2, 0.25) is 0 Å². The zero-order valence-corrected chi connectivity index (χ0v) is 11.2. The highest BCUT2D eigenvalue weighted by atomic mass is 32.1. The third-order valence-corrected chi connectivity index (χ3v) is 3.90. The van der Waals surface area contributed by atoms with E-state index in [9.17, 15) is 4.79 Å². The van der Waals surface area contributed by atoms with Crippen molar-refractivity contribution in [3.63, 3.8) is 0 Å². The third-order valence-electron chi connectivity index (χ3n) is 3.10. The summed E-state index contributed by atoms with van der Waals surface area (Å²) < 4.78 is 0. The van der Waals surface area contributed by atoms with Crippen LogP contribution in [0.5, 0.6) is 0 Å². The van der Waals surface area contributed by atoms with E-state index in [-0.39, 0.29) is 5.91 Å². The first-order chi connectivity index (χ1) is 8.13. The van der Waals surface area contributed by atoms with Crippen molar-refractivity contribution in [2.75, 3.05) is 18.4 Å². The van der Waals surface area contributed by atoms with E-state index < -0.39 is 0 Å². The van der Waals surface area contributed by atoms with Gasteiger partial charge in [0, 0.05) is 18.8 Å². The number of rotatable bonds is 3. The molecule has 17 heavy (non-hydrogen) atoms. The summed E-state index contributed by atoms with van der Waals surface area (Å²) in [6.07, 6.45) is 2.56. The fourth-order valence-corrected chi connectivity index (χ4v) is 2.78. The second-order valence-electron chi connectivity index (χ2n) is 4.78. The van der Waals surface area contributed by atoms with Gasteiger partial charge < -0.3 is 5.32 Å². The van der Waals surface area contributed by atoms with Crippen LogP contribution in [0.3, 0.4) is 0 Å². The van der Waals surface area contributed by atoms with Gasteiger partial charge in [0.2, 0.25) is 5.91 Å². The highest BCUT2D eigenvalue weighted by molar-refractivity contribution is 7.13. The molecule has 0 unspecified atom stereocenters. The monoisotopic (exact) mass is 253 g/mol. The summed E-state index contributed by atoms with van der Waals surface area (Å²) in [7, 11) is 0. The molecule has 0 aliphatic carbocycles. The van der Waals surface area contributed by atoms with Gasteiger partial charge in [-0.2, -0.15) is 0 Å². The first-order valence-electron chi connectivity index (χ1n) is 6.08. The molecular weight excluding hydrogens is 234 g/mol. The topological polar surface area (TPSA) is 45.2 Å². The molecule has 2 rings (SSSR count). The number of carbonyl (C=O) groups is 1. The smallest absolute Gasteiger partial charge is 0.223 e. The van der Waals surface area contributed by atoms with E-state index in [4.69, 9.17) is 0 Å². The van der Waals surface area contributed by atoms with E-state index >= 15 is 0 Å². The van der Waals surface area contributed by atoms with Crippen molar-refractivity contribution in [1.29, 1.82) is 0 Å². The van der Waals surface area contributed by atoms with E-state index in [0.717, 1.165) is 31.2 Å². The molecule has 2 heterocycles. The lowest BCUT2D eigenvalue weighted by Gasteiger charge is -2.29. The second kappa shape index (κ2) is 5.60. The standard InChI is InChI=1S/C12H19N3OS/c1-9-3-5-15(6-4-9)7-11-8-17-12(14-11)13-10(2)16/h8-9H,3-7H2,1-2H3,(H,13,14,16). The fourth-order valence-electron chi connectivity index (χ4n) is 2.04. The minimum Gasteiger partial charge on any atom is -0.302 e. The van der Waals surface area contributed by atoms with Gasteiger partial charge in [-0.25, -0.2) is 4.98 Å². The van der Waals surface area contributed by atoms with Crippen LogP contribution in [-0.4, -0.2) is 28.9 Å². The Morgan fingerprint density at radius 2 is 2.29 bits per heavy atom. The zero-order valence-electron chi connectivity index (χ0n) is 10.4. The summed E-state index contributed by atoms with van der Waals surface area (Å²) in [6, 6.07) is 0. The number of hydrogen-bond donors (Lipinski definition) is 1. The van der Waals surface area contributed by atoms with Crippen LogP contribution in [0.15, 0.2) is 5.38 Å². The zero-order chi connectivity index (χ0) is 12.3. The van der Waals surface area contributed by atoms with Crippen LogP contribution in [0.1, 0.15) is 32.4 Å². The molecule has 0 spiro atoms. The minimum atomic E-state index is -0.0577. The minimum absolute atomic E-state index is 0.0577. The molecule has 1 N–H and O–H groups in total. The van der Waals surface area contributed by atoms with Crippen molar-refractivity contribution in [2.45, 2.75) is 33.2 Å². The molecule has 0 radical (unpaired) electrons. The molecule has 94 valence electrons. The van der Waals surface area contributed by atoms with Gasteiger partial charge in [-0.3, -0.25) is 9.69 Å². The number of thiazole rings is 1. The van der Waals surface area contributed by atoms with Crippen molar-refractivity contribution in [3.05, 3.63) is 11.1 Å². The molecule has 4 nitrogen and oxygen atoms in total. The number of hydrogen-bond acceptors (Lipinski definition) is 4. The summed E-state index contributed by atoms with van der Waals surface area (Å²) in [5.74, 6) is 0.800. The summed E-state index contributed by atoms with van der Waals surface area (Å²) in [6.45, 7) is 7.05. The lowest BCUT2D eigenvalue weighted by atomic mass is 9.99. The van der Waals surface area contributed by atoms with Crippen molar-refractivity contribution >= 4 is 22.4 Å². The highest BCUT2D eigenvalue weighted by Gasteiger charge is 2.16. The molecule has 1 fully saturated rings. The SMILES string of the molecule is CC(=O)Nc1nc(CN2CCC(C)CC2)cs1. The fraction of sp³-hybridized carbons (Fsp3) is 0.667. The van der Waals surface area contributed by atoms with E-state index in [1.54, 1.807) is 0 Å². The number of nitrogens with one attached hydrogen (secondary N) is 1. The van der Waals surface area contributed by atoms with Gasteiger partial charge in [0.25, 0.3) is 0 Å². The maximum atomic E-state index is 10.9. The molecule has 1 aromatic heterocycles. The van der Waals surface area contributed by atoms with Gasteiger partial charge >= 0.3 is 0 Å². The van der Waals surface area contributed by atoms with Crippen molar-refractivity contribution in [1.82, 2.24) is 9.88 Å². The molecular formula is C12H19N3OS. The Kier molecular flexibility index (Phi) is 4.12. The van der Waals surface area contributed by atoms with Crippen molar-refractivity contribution < 1.29 is 4.79 Å². The van der Waals surface area contributed by atoms with Crippen molar-refractivity contribution in [2.24, 2.45) is 5.92 Å². The number of piperidine rings is 1. The van der Waals surface area contributed by atoms with Crippen molar-refractivity contribution in [3.8, 4) is 0 Å². The molecule has 1 saturated heterocycles. The molecule has 1 aliphatic heterocycles. The Labute approximate surface area is 106 Å². The first-order valence-corrected chi connectivity index (χ1v) is 6.96. The molecule has 0 aromatic carbocycles. The molecule has 1 amide bonds. The number of aromatic nitrogens is 1. The van der Waals surface area contributed by atoms with E-state index in [1.807, 2.05) is 5.38 Å². The number of anilines is 1. The maximum absolute atomic E-state index is 10.9.